The molecule has 0 saturated heterocycles. The first-order valence-electron chi connectivity index (χ1n) is 14.4. The summed E-state index contributed by atoms with van der Waals surface area (Å²) in [6.07, 6.45) is 0.191. The van der Waals surface area contributed by atoms with E-state index in [1.807, 2.05) is 37.3 Å². The first-order valence-corrected chi connectivity index (χ1v) is 15.8. The van der Waals surface area contributed by atoms with Crippen LogP contribution in [0.2, 0.25) is 0 Å². The van der Waals surface area contributed by atoms with E-state index in [2.05, 4.69) is 5.32 Å². The van der Waals surface area contributed by atoms with Crippen LogP contribution in [0.1, 0.15) is 25.0 Å². The molecule has 44 heavy (non-hydrogen) atoms. The predicted molar refractivity (Wildman–Crippen MR) is 168 cm³/mol. The van der Waals surface area contributed by atoms with Gasteiger partial charge in [-0.25, -0.2) is 12.8 Å². The maximum Gasteiger partial charge on any atom is 0.264 e. The van der Waals surface area contributed by atoms with Crippen LogP contribution in [0.3, 0.4) is 0 Å². The molecule has 4 aromatic carbocycles. The van der Waals surface area contributed by atoms with Crippen molar-refractivity contribution in [2.75, 3.05) is 24.0 Å². The Morgan fingerprint density at radius 2 is 1.43 bits per heavy atom. The number of amides is 2. The molecule has 4 rings (SSSR count). The molecule has 0 saturated carbocycles. The Hall–Kier alpha value is -4.70. The summed E-state index contributed by atoms with van der Waals surface area (Å²) in [5, 5.41) is 2.82. The molecule has 0 unspecified atom stereocenters. The normalized spacial score (nSPS) is 11.8. The second kappa shape index (κ2) is 15.2. The Bertz CT molecular complexity index is 1620. The number of benzene rings is 4. The number of carbonyl (C=O) groups excluding carboxylic acids is 2. The highest BCUT2D eigenvalue weighted by atomic mass is 32.2. The van der Waals surface area contributed by atoms with Gasteiger partial charge in [0, 0.05) is 19.5 Å². The molecule has 0 aliphatic rings. The van der Waals surface area contributed by atoms with Gasteiger partial charge in [-0.2, -0.15) is 0 Å². The fourth-order valence-electron chi connectivity index (χ4n) is 4.76. The first kappa shape index (κ1) is 32.2. The zero-order valence-electron chi connectivity index (χ0n) is 24.7. The van der Waals surface area contributed by atoms with Crippen LogP contribution in [-0.4, -0.2) is 50.9 Å². The number of likely N-dealkylation sites (N-methyl/N-ethyl adjacent to an activating group) is 1. The summed E-state index contributed by atoms with van der Waals surface area (Å²) in [5.74, 6) is -0.898. The number of hydrogen-bond donors (Lipinski definition) is 1. The molecule has 1 atom stereocenters. The third-order valence-corrected chi connectivity index (χ3v) is 8.72. The number of ether oxygens (including phenoxy) is 1. The number of para-hydroxylation sites is 1. The molecule has 0 heterocycles. The summed E-state index contributed by atoms with van der Waals surface area (Å²) in [6.45, 7) is 3.76. The fourth-order valence-corrected chi connectivity index (χ4v) is 6.17. The molecule has 0 radical (unpaired) electrons. The van der Waals surface area contributed by atoms with Crippen molar-refractivity contribution in [1.82, 2.24) is 10.2 Å². The van der Waals surface area contributed by atoms with Gasteiger partial charge in [0.25, 0.3) is 10.0 Å². The van der Waals surface area contributed by atoms with Crippen LogP contribution in [0.5, 0.6) is 5.75 Å². The Labute approximate surface area is 258 Å². The minimum atomic E-state index is -4.23. The standard InChI is InChI=1S/C34H36FN3O5S/c1-3-36-34(40)32(23-26-11-7-5-8-12-26)37(24-27-15-17-28(35)18-16-27)33(39)25-38(29-13-9-6-10-14-29)44(41,42)31-21-19-30(20-22-31)43-4-2/h5-22,32H,3-4,23-25H2,1-2H3,(H,36,40)/t32-/m0/s1. The monoisotopic (exact) mass is 617 g/mol. The van der Waals surface area contributed by atoms with Gasteiger partial charge in [-0.15, -0.1) is 0 Å². The largest absolute Gasteiger partial charge is 0.494 e. The number of anilines is 1. The maximum atomic E-state index is 14.3. The molecule has 0 aromatic heterocycles. The minimum Gasteiger partial charge on any atom is -0.494 e. The third kappa shape index (κ3) is 8.23. The lowest BCUT2D eigenvalue weighted by Crippen LogP contribution is -2.53. The van der Waals surface area contributed by atoms with Crippen LogP contribution >= 0.6 is 0 Å². The number of hydrogen-bond acceptors (Lipinski definition) is 5. The second-order valence-electron chi connectivity index (χ2n) is 10.00. The molecular weight excluding hydrogens is 581 g/mol. The van der Waals surface area contributed by atoms with E-state index in [9.17, 15) is 22.4 Å². The average molecular weight is 618 g/mol. The van der Waals surface area contributed by atoms with E-state index in [-0.39, 0.29) is 29.5 Å². The molecule has 2 amide bonds. The van der Waals surface area contributed by atoms with Crippen molar-refractivity contribution in [1.29, 1.82) is 0 Å². The molecule has 0 aliphatic carbocycles. The maximum absolute atomic E-state index is 14.3. The highest BCUT2D eigenvalue weighted by molar-refractivity contribution is 7.92. The van der Waals surface area contributed by atoms with Crippen molar-refractivity contribution >= 4 is 27.5 Å². The molecule has 0 fully saturated rings. The fraction of sp³-hybridized carbons (Fsp3) is 0.235. The second-order valence-corrected chi connectivity index (χ2v) is 11.9. The van der Waals surface area contributed by atoms with Crippen LogP contribution in [0.15, 0.2) is 114 Å². The van der Waals surface area contributed by atoms with Crippen molar-refractivity contribution in [3.05, 3.63) is 126 Å². The summed E-state index contributed by atoms with van der Waals surface area (Å²) in [7, 11) is -4.23. The number of halogens is 1. The van der Waals surface area contributed by atoms with Crippen molar-refractivity contribution in [3.8, 4) is 5.75 Å². The smallest absolute Gasteiger partial charge is 0.264 e. The predicted octanol–water partition coefficient (Wildman–Crippen LogP) is 5.20. The number of nitrogens with one attached hydrogen (secondary N) is 1. The van der Waals surface area contributed by atoms with Crippen LogP contribution in [0, 0.1) is 5.82 Å². The molecule has 4 aromatic rings. The lowest BCUT2D eigenvalue weighted by Gasteiger charge is -2.33. The van der Waals surface area contributed by atoms with E-state index in [4.69, 9.17) is 4.74 Å². The summed E-state index contributed by atoms with van der Waals surface area (Å²) in [5.41, 5.74) is 1.69. The van der Waals surface area contributed by atoms with E-state index >= 15 is 0 Å². The highest BCUT2D eigenvalue weighted by Gasteiger charge is 2.34. The lowest BCUT2D eigenvalue weighted by atomic mass is 10.0. The summed E-state index contributed by atoms with van der Waals surface area (Å²) < 4.78 is 48.4. The van der Waals surface area contributed by atoms with Gasteiger partial charge in [0.15, 0.2) is 0 Å². The number of carbonyl (C=O) groups is 2. The minimum absolute atomic E-state index is 0.0211. The van der Waals surface area contributed by atoms with Gasteiger partial charge >= 0.3 is 0 Å². The molecule has 0 spiro atoms. The van der Waals surface area contributed by atoms with Gasteiger partial charge in [0.2, 0.25) is 11.8 Å². The Morgan fingerprint density at radius 1 is 0.818 bits per heavy atom. The van der Waals surface area contributed by atoms with Crippen LogP contribution < -0.4 is 14.4 Å². The van der Waals surface area contributed by atoms with Gasteiger partial charge in [-0.05, 0) is 73.5 Å². The van der Waals surface area contributed by atoms with Crippen molar-refractivity contribution in [2.45, 2.75) is 37.8 Å². The zero-order valence-corrected chi connectivity index (χ0v) is 25.5. The van der Waals surface area contributed by atoms with Crippen LogP contribution in [0.25, 0.3) is 0 Å². The van der Waals surface area contributed by atoms with Crippen LogP contribution in [-0.2, 0) is 32.6 Å². The lowest BCUT2D eigenvalue weighted by molar-refractivity contribution is -0.140. The molecule has 0 bridgehead atoms. The molecule has 0 aliphatic heterocycles. The van der Waals surface area contributed by atoms with Gasteiger partial charge in [-0.1, -0.05) is 60.7 Å². The van der Waals surface area contributed by atoms with Gasteiger partial charge < -0.3 is 15.0 Å². The first-order chi connectivity index (χ1) is 21.2. The summed E-state index contributed by atoms with van der Waals surface area (Å²) in [6, 6.07) is 28.3. The molecule has 230 valence electrons. The van der Waals surface area contributed by atoms with E-state index in [1.54, 1.807) is 61.5 Å². The topological polar surface area (TPSA) is 96.0 Å². The summed E-state index contributed by atoms with van der Waals surface area (Å²) >= 11 is 0. The number of rotatable bonds is 14. The van der Waals surface area contributed by atoms with Crippen molar-refractivity contribution in [3.63, 3.8) is 0 Å². The summed E-state index contributed by atoms with van der Waals surface area (Å²) in [4.78, 5) is 29.1. The molecular formula is C34H36FN3O5S. The SMILES string of the molecule is CCNC(=O)[C@H](Cc1ccccc1)N(Cc1ccc(F)cc1)C(=O)CN(c1ccccc1)S(=O)(=O)c1ccc(OCC)cc1. The number of sulfonamides is 1. The van der Waals surface area contributed by atoms with Crippen LogP contribution in [0.4, 0.5) is 10.1 Å². The van der Waals surface area contributed by atoms with Crippen molar-refractivity contribution in [2.24, 2.45) is 0 Å². The van der Waals surface area contributed by atoms with E-state index in [1.165, 1.54) is 29.2 Å². The van der Waals surface area contributed by atoms with E-state index in [0.717, 1.165) is 9.87 Å². The van der Waals surface area contributed by atoms with Gasteiger partial charge in [0.05, 0.1) is 17.2 Å². The molecule has 8 nitrogen and oxygen atoms in total. The van der Waals surface area contributed by atoms with Gasteiger partial charge in [0.1, 0.15) is 24.2 Å². The third-order valence-electron chi connectivity index (χ3n) is 6.93. The average Bonchev–Trinajstić information content (AvgIpc) is 3.03. The quantitative estimate of drug-likeness (QED) is 0.210. The Kier molecular flexibility index (Phi) is 11.1. The highest BCUT2D eigenvalue weighted by Crippen LogP contribution is 2.26. The molecule has 10 heteroatoms. The van der Waals surface area contributed by atoms with E-state index < -0.39 is 34.3 Å². The molecule has 1 N–H and O–H groups in total. The Morgan fingerprint density at radius 3 is 2.02 bits per heavy atom. The van der Waals surface area contributed by atoms with Gasteiger partial charge in [-0.3, -0.25) is 13.9 Å². The van der Waals surface area contributed by atoms with E-state index in [0.29, 0.717) is 24.5 Å². The van der Waals surface area contributed by atoms with Crippen molar-refractivity contribution < 1.29 is 27.1 Å². The zero-order chi connectivity index (χ0) is 31.5. The number of nitrogens with zero attached hydrogens (tertiary/aromatic N) is 2. The Balaban J connectivity index is 1.76.